The molecule has 3 N–H and O–H groups in total. The third-order valence-electron chi connectivity index (χ3n) is 8.42. The first-order valence-electron chi connectivity index (χ1n) is 15.0. The Morgan fingerprint density at radius 2 is 1.62 bits per heavy atom. The first-order valence-corrected chi connectivity index (χ1v) is 15.4. The highest BCUT2D eigenvalue weighted by atomic mass is 35.5. The van der Waals surface area contributed by atoms with Crippen molar-refractivity contribution in [1.82, 2.24) is 20.9 Å². The molecule has 0 unspecified atom stereocenters. The molecule has 1 aliphatic heterocycles. The lowest BCUT2D eigenvalue weighted by atomic mass is 9.80. The Morgan fingerprint density at radius 3 is 2.36 bits per heavy atom. The summed E-state index contributed by atoms with van der Waals surface area (Å²) in [6.45, 7) is -0.718. The van der Waals surface area contributed by atoms with Crippen LogP contribution in [0.2, 0.25) is 5.02 Å². The minimum Gasteiger partial charge on any atom is -0.350 e. The van der Waals surface area contributed by atoms with E-state index in [1.54, 1.807) is 48.5 Å². The second kappa shape index (κ2) is 14.2. The van der Waals surface area contributed by atoms with Gasteiger partial charge in [-0.05, 0) is 47.7 Å². The molecule has 1 heterocycles. The van der Waals surface area contributed by atoms with Gasteiger partial charge in [-0.1, -0.05) is 73.3 Å². The maximum atomic E-state index is 14.8. The summed E-state index contributed by atoms with van der Waals surface area (Å²) in [6.07, 6.45) is 3.15. The molecule has 3 aromatic carbocycles. The Bertz CT molecular complexity index is 1590. The number of amides is 4. The van der Waals surface area contributed by atoms with Crippen LogP contribution in [-0.2, 0) is 45.1 Å². The third-order valence-corrected chi connectivity index (χ3v) is 8.66. The van der Waals surface area contributed by atoms with Gasteiger partial charge in [-0.3, -0.25) is 19.2 Å². The van der Waals surface area contributed by atoms with E-state index in [9.17, 15) is 28.0 Å². The van der Waals surface area contributed by atoms with Crippen LogP contribution in [0.25, 0.3) is 0 Å². The van der Waals surface area contributed by atoms with E-state index in [0.717, 1.165) is 17.4 Å². The highest BCUT2D eigenvalue weighted by molar-refractivity contribution is 6.30. The number of hydrogen-bond acceptors (Lipinski definition) is 4. The number of hydrogen-bond donors (Lipinski definition) is 3. The van der Waals surface area contributed by atoms with Crippen molar-refractivity contribution in [3.05, 3.63) is 106 Å². The van der Waals surface area contributed by atoms with E-state index >= 15 is 0 Å². The molecule has 4 amide bonds. The van der Waals surface area contributed by atoms with Crippen LogP contribution in [0.3, 0.4) is 0 Å². The van der Waals surface area contributed by atoms with Gasteiger partial charge in [0, 0.05) is 36.2 Å². The number of carbonyl (C=O) groups is 4. The summed E-state index contributed by atoms with van der Waals surface area (Å²) >= 11 is 6.22. The fourth-order valence-electron chi connectivity index (χ4n) is 6.06. The molecule has 1 atom stereocenters. The molecule has 2 aliphatic rings. The molecule has 3 aromatic rings. The molecule has 1 aliphatic carbocycles. The normalized spacial score (nSPS) is 19.5. The smallest absolute Gasteiger partial charge is 0.246 e. The number of fused-ring (bicyclic) bond motifs is 1. The second-order valence-electron chi connectivity index (χ2n) is 11.7. The van der Waals surface area contributed by atoms with Crippen molar-refractivity contribution in [3.63, 3.8) is 0 Å². The number of nitrogens with zero attached hydrogens (tertiary/aromatic N) is 1. The first kappa shape index (κ1) is 32.1. The maximum Gasteiger partial charge on any atom is 0.246 e. The first-order chi connectivity index (χ1) is 21.6. The van der Waals surface area contributed by atoms with E-state index in [1.165, 1.54) is 6.07 Å². The molecule has 0 aromatic heterocycles. The van der Waals surface area contributed by atoms with Crippen molar-refractivity contribution in [3.8, 4) is 0 Å². The predicted molar refractivity (Wildman–Crippen MR) is 165 cm³/mol. The summed E-state index contributed by atoms with van der Waals surface area (Å²) in [5, 5.41) is 9.12. The minimum absolute atomic E-state index is 0.00190. The largest absolute Gasteiger partial charge is 0.350 e. The molecule has 0 saturated heterocycles. The average Bonchev–Trinajstić information content (AvgIpc) is 3.01. The molecule has 8 nitrogen and oxygen atoms in total. The number of halogens is 3. The minimum atomic E-state index is -1.24. The average molecular weight is 637 g/mol. The monoisotopic (exact) mass is 636 g/mol. The van der Waals surface area contributed by atoms with Gasteiger partial charge in [-0.25, -0.2) is 8.78 Å². The van der Waals surface area contributed by atoms with Gasteiger partial charge in [0.2, 0.25) is 23.6 Å². The SMILES string of the molecule is O=C1CN(Cc2ccc(F)cc2F)C(=O)[C@H](Cc2cccc(Cl)c2)NC(=O)C2(CCCCC2)NC(=O)Cc2ccccc2CN1. The molecule has 45 heavy (non-hydrogen) atoms. The molecule has 0 bridgehead atoms. The third kappa shape index (κ3) is 8.05. The van der Waals surface area contributed by atoms with Gasteiger partial charge in [-0.2, -0.15) is 0 Å². The molecule has 11 heteroatoms. The zero-order valence-corrected chi connectivity index (χ0v) is 25.5. The molecular weight excluding hydrogens is 602 g/mol. The second-order valence-corrected chi connectivity index (χ2v) is 12.1. The van der Waals surface area contributed by atoms with E-state index in [-0.39, 0.29) is 37.4 Å². The van der Waals surface area contributed by atoms with E-state index in [4.69, 9.17) is 11.6 Å². The van der Waals surface area contributed by atoms with E-state index < -0.39 is 47.5 Å². The molecule has 1 saturated carbocycles. The molecule has 236 valence electrons. The van der Waals surface area contributed by atoms with Gasteiger partial charge in [0.05, 0.1) is 13.0 Å². The van der Waals surface area contributed by atoms with Crippen LogP contribution in [0, 0.1) is 11.6 Å². The van der Waals surface area contributed by atoms with Crippen LogP contribution < -0.4 is 16.0 Å². The predicted octanol–water partition coefficient (Wildman–Crippen LogP) is 4.37. The van der Waals surface area contributed by atoms with Gasteiger partial charge < -0.3 is 20.9 Å². The summed E-state index contributed by atoms with van der Waals surface area (Å²) in [4.78, 5) is 56.3. The van der Waals surface area contributed by atoms with Gasteiger partial charge in [-0.15, -0.1) is 0 Å². The van der Waals surface area contributed by atoms with Crippen molar-refractivity contribution in [2.45, 2.75) is 69.6 Å². The maximum absolute atomic E-state index is 14.8. The van der Waals surface area contributed by atoms with Gasteiger partial charge >= 0.3 is 0 Å². The van der Waals surface area contributed by atoms with Crippen molar-refractivity contribution in [1.29, 1.82) is 0 Å². The van der Waals surface area contributed by atoms with Crippen molar-refractivity contribution < 1.29 is 28.0 Å². The van der Waals surface area contributed by atoms with Crippen LogP contribution in [0.1, 0.15) is 54.4 Å². The van der Waals surface area contributed by atoms with Crippen LogP contribution in [0.5, 0.6) is 0 Å². The summed E-state index contributed by atoms with van der Waals surface area (Å²) in [6, 6.07) is 15.8. The molecule has 5 rings (SSSR count). The lowest BCUT2D eigenvalue weighted by Gasteiger charge is -2.38. The zero-order chi connectivity index (χ0) is 32.0. The summed E-state index contributed by atoms with van der Waals surface area (Å²) in [7, 11) is 0. The highest BCUT2D eigenvalue weighted by Gasteiger charge is 2.43. The fourth-order valence-corrected chi connectivity index (χ4v) is 6.27. The summed E-state index contributed by atoms with van der Waals surface area (Å²) < 4.78 is 28.5. The number of carbonyl (C=O) groups excluding carboxylic acids is 4. The summed E-state index contributed by atoms with van der Waals surface area (Å²) in [5.74, 6) is -3.66. The van der Waals surface area contributed by atoms with Gasteiger partial charge in [0.1, 0.15) is 23.2 Å². The molecule has 1 fully saturated rings. The Morgan fingerprint density at radius 1 is 0.867 bits per heavy atom. The van der Waals surface area contributed by atoms with Crippen LogP contribution >= 0.6 is 11.6 Å². The van der Waals surface area contributed by atoms with Crippen LogP contribution in [-0.4, -0.2) is 46.7 Å². The van der Waals surface area contributed by atoms with Crippen LogP contribution in [0.4, 0.5) is 8.78 Å². The Balaban J connectivity index is 1.55. The van der Waals surface area contributed by atoms with Crippen molar-refractivity contribution in [2.24, 2.45) is 0 Å². The quantitative estimate of drug-likeness (QED) is 0.396. The lowest BCUT2D eigenvalue weighted by Crippen LogP contribution is -2.63. The molecule has 0 radical (unpaired) electrons. The molecule has 1 spiro atoms. The zero-order valence-electron chi connectivity index (χ0n) is 24.7. The lowest BCUT2D eigenvalue weighted by molar-refractivity contribution is -0.142. The Hall–Kier alpha value is -4.31. The number of benzene rings is 3. The standard InChI is InChI=1S/C34H35ClF2N4O4/c35-26-10-6-7-22(15-26)16-29-32(44)41(20-25-11-12-27(36)18-28(25)37)21-31(43)38-19-24-9-3-2-8-23(24)17-30(42)40-34(33(45)39-29)13-4-1-5-14-34/h2-3,6-12,15,18,29H,1,4-5,13-14,16-17,19-21H2,(H,38,43)(H,39,45)(H,40,42)/t29-/m0/s1. The van der Waals surface area contributed by atoms with E-state index in [2.05, 4.69) is 16.0 Å². The van der Waals surface area contributed by atoms with Crippen molar-refractivity contribution in [2.75, 3.05) is 6.54 Å². The number of rotatable bonds is 4. The highest BCUT2D eigenvalue weighted by Crippen LogP contribution is 2.29. The number of nitrogens with one attached hydrogen (secondary N) is 3. The summed E-state index contributed by atoms with van der Waals surface area (Å²) in [5.41, 5.74) is 0.813. The van der Waals surface area contributed by atoms with Gasteiger partial charge in [0.25, 0.3) is 0 Å². The topological polar surface area (TPSA) is 108 Å². The van der Waals surface area contributed by atoms with E-state index in [1.807, 2.05) is 0 Å². The van der Waals surface area contributed by atoms with Gasteiger partial charge in [0.15, 0.2) is 0 Å². The van der Waals surface area contributed by atoms with E-state index in [0.29, 0.717) is 53.5 Å². The molecular formula is C34H35ClF2N4O4. The Kier molecular flexibility index (Phi) is 10.1. The Labute approximate surface area is 265 Å². The van der Waals surface area contributed by atoms with Crippen LogP contribution in [0.15, 0.2) is 66.7 Å². The fraction of sp³-hybridized carbons (Fsp3) is 0.353. The van der Waals surface area contributed by atoms with Crippen molar-refractivity contribution >= 4 is 35.2 Å².